The smallest absolute Gasteiger partial charge is 0.0326 e. The number of nitrogens with one attached hydrogen (secondary N) is 1. The van der Waals surface area contributed by atoms with Crippen LogP contribution >= 0.6 is 0 Å². The van der Waals surface area contributed by atoms with E-state index in [2.05, 4.69) is 36.5 Å². The molecule has 0 aliphatic heterocycles. The Morgan fingerprint density at radius 3 is 2.58 bits per heavy atom. The summed E-state index contributed by atoms with van der Waals surface area (Å²) >= 11 is 0. The van der Waals surface area contributed by atoms with Crippen molar-refractivity contribution >= 4 is 0 Å². The zero-order valence-electron chi connectivity index (χ0n) is 7.67. The largest absolute Gasteiger partial charge is 0.313 e. The Morgan fingerprint density at radius 2 is 1.92 bits per heavy atom. The standard InChI is InChI=1S/C11H15N/c1-8-7-11(12-2)10-6-4-3-5-9(8)10/h3-6,8,11-12H,7H2,1-2H3/t8-,11?/m1/s1. The van der Waals surface area contributed by atoms with Crippen molar-refractivity contribution in [2.24, 2.45) is 0 Å². The Morgan fingerprint density at radius 1 is 1.25 bits per heavy atom. The monoisotopic (exact) mass is 161 g/mol. The van der Waals surface area contributed by atoms with Gasteiger partial charge in [-0.25, -0.2) is 0 Å². The molecule has 1 nitrogen and oxygen atoms in total. The molecule has 0 aromatic heterocycles. The Kier molecular flexibility index (Phi) is 1.89. The minimum atomic E-state index is 0.580. The van der Waals surface area contributed by atoms with Crippen LogP contribution in [0.25, 0.3) is 0 Å². The molecule has 2 atom stereocenters. The molecule has 1 aliphatic rings. The van der Waals surface area contributed by atoms with Gasteiger partial charge in [-0.1, -0.05) is 31.2 Å². The Balaban J connectivity index is 2.43. The zero-order valence-corrected chi connectivity index (χ0v) is 7.67. The topological polar surface area (TPSA) is 12.0 Å². The van der Waals surface area contributed by atoms with Crippen LogP contribution in [-0.2, 0) is 0 Å². The van der Waals surface area contributed by atoms with Gasteiger partial charge in [-0.2, -0.15) is 0 Å². The van der Waals surface area contributed by atoms with Crippen molar-refractivity contribution in [2.45, 2.75) is 25.3 Å². The van der Waals surface area contributed by atoms with Crippen LogP contribution in [0.5, 0.6) is 0 Å². The van der Waals surface area contributed by atoms with Crippen molar-refractivity contribution in [3.8, 4) is 0 Å². The van der Waals surface area contributed by atoms with Gasteiger partial charge in [0.1, 0.15) is 0 Å². The second-order valence-electron chi connectivity index (χ2n) is 3.61. The van der Waals surface area contributed by atoms with Gasteiger partial charge in [0.25, 0.3) is 0 Å². The molecular weight excluding hydrogens is 146 g/mol. The normalized spacial score (nSPS) is 27.2. The van der Waals surface area contributed by atoms with E-state index in [1.54, 1.807) is 0 Å². The molecule has 1 aromatic rings. The van der Waals surface area contributed by atoms with Crippen molar-refractivity contribution in [3.05, 3.63) is 35.4 Å². The van der Waals surface area contributed by atoms with E-state index in [1.165, 1.54) is 17.5 Å². The summed E-state index contributed by atoms with van der Waals surface area (Å²) in [4.78, 5) is 0. The fraction of sp³-hybridized carbons (Fsp3) is 0.455. The molecule has 0 radical (unpaired) electrons. The summed E-state index contributed by atoms with van der Waals surface area (Å²) in [5.41, 5.74) is 3.02. The second-order valence-corrected chi connectivity index (χ2v) is 3.61. The first-order chi connectivity index (χ1) is 5.83. The molecule has 1 heteroatoms. The van der Waals surface area contributed by atoms with Crippen LogP contribution in [0.2, 0.25) is 0 Å². The third-order valence-electron chi connectivity index (χ3n) is 2.84. The van der Waals surface area contributed by atoms with Crippen LogP contribution in [0.1, 0.15) is 36.4 Å². The average Bonchev–Trinajstić information content (AvgIpc) is 2.44. The predicted molar refractivity (Wildman–Crippen MR) is 51.3 cm³/mol. The van der Waals surface area contributed by atoms with Crippen LogP contribution in [0, 0.1) is 0 Å². The van der Waals surface area contributed by atoms with E-state index in [0.717, 1.165) is 5.92 Å². The molecule has 0 saturated carbocycles. The van der Waals surface area contributed by atoms with Crippen molar-refractivity contribution < 1.29 is 0 Å². The highest BCUT2D eigenvalue weighted by Crippen LogP contribution is 2.39. The van der Waals surface area contributed by atoms with E-state index in [0.29, 0.717) is 6.04 Å². The Bertz CT molecular complexity index is 280. The van der Waals surface area contributed by atoms with Gasteiger partial charge in [-0.05, 0) is 30.5 Å². The van der Waals surface area contributed by atoms with Crippen LogP contribution in [0.15, 0.2) is 24.3 Å². The maximum Gasteiger partial charge on any atom is 0.0326 e. The predicted octanol–water partition coefficient (Wildman–Crippen LogP) is 2.45. The minimum absolute atomic E-state index is 0.580. The lowest BCUT2D eigenvalue weighted by Gasteiger charge is -2.08. The molecule has 1 unspecified atom stereocenters. The van der Waals surface area contributed by atoms with Gasteiger partial charge in [-0.3, -0.25) is 0 Å². The van der Waals surface area contributed by atoms with E-state index < -0.39 is 0 Å². The molecule has 1 aliphatic carbocycles. The summed E-state index contributed by atoms with van der Waals surface area (Å²) in [5, 5.41) is 3.35. The summed E-state index contributed by atoms with van der Waals surface area (Å²) in [6, 6.07) is 9.32. The van der Waals surface area contributed by atoms with Gasteiger partial charge in [-0.15, -0.1) is 0 Å². The number of hydrogen-bond acceptors (Lipinski definition) is 1. The maximum atomic E-state index is 3.35. The molecular formula is C11H15N. The molecule has 0 saturated heterocycles. The van der Waals surface area contributed by atoms with Crippen molar-refractivity contribution in [1.82, 2.24) is 5.32 Å². The Labute approximate surface area is 73.8 Å². The van der Waals surface area contributed by atoms with Gasteiger partial charge in [0.05, 0.1) is 0 Å². The first-order valence-corrected chi connectivity index (χ1v) is 4.59. The lowest BCUT2D eigenvalue weighted by molar-refractivity contribution is 0.553. The SMILES string of the molecule is CNC1C[C@@H](C)c2ccccc21. The van der Waals surface area contributed by atoms with E-state index in [1.807, 2.05) is 7.05 Å². The van der Waals surface area contributed by atoms with Crippen LogP contribution in [-0.4, -0.2) is 7.05 Å². The zero-order chi connectivity index (χ0) is 8.55. The summed E-state index contributed by atoms with van der Waals surface area (Å²) in [5.74, 6) is 0.721. The lowest BCUT2D eigenvalue weighted by atomic mass is 10.0. The van der Waals surface area contributed by atoms with Gasteiger partial charge in [0, 0.05) is 6.04 Å². The summed E-state index contributed by atoms with van der Waals surface area (Å²) in [7, 11) is 2.04. The molecule has 1 aromatic carbocycles. The molecule has 2 rings (SSSR count). The van der Waals surface area contributed by atoms with Crippen molar-refractivity contribution in [1.29, 1.82) is 0 Å². The van der Waals surface area contributed by atoms with Gasteiger partial charge in [0.15, 0.2) is 0 Å². The summed E-state index contributed by atoms with van der Waals surface area (Å²) in [6.07, 6.45) is 1.25. The van der Waals surface area contributed by atoms with Crippen LogP contribution in [0.3, 0.4) is 0 Å². The highest BCUT2D eigenvalue weighted by molar-refractivity contribution is 5.37. The fourth-order valence-corrected chi connectivity index (χ4v) is 2.16. The van der Waals surface area contributed by atoms with E-state index in [-0.39, 0.29) is 0 Å². The number of hydrogen-bond donors (Lipinski definition) is 1. The molecule has 0 fully saturated rings. The fourth-order valence-electron chi connectivity index (χ4n) is 2.16. The number of rotatable bonds is 1. The maximum absolute atomic E-state index is 3.35. The van der Waals surface area contributed by atoms with Gasteiger partial charge >= 0.3 is 0 Å². The lowest BCUT2D eigenvalue weighted by Crippen LogP contribution is -2.12. The van der Waals surface area contributed by atoms with E-state index in [9.17, 15) is 0 Å². The van der Waals surface area contributed by atoms with E-state index >= 15 is 0 Å². The second kappa shape index (κ2) is 2.91. The van der Waals surface area contributed by atoms with Crippen LogP contribution < -0.4 is 5.32 Å². The molecule has 0 spiro atoms. The van der Waals surface area contributed by atoms with Gasteiger partial charge in [0.2, 0.25) is 0 Å². The van der Waals surface area contributed by atoms with E-state index in [4.69, 9.17) is 0 Å². The third-order valence-corrected chi connectivity index (χ3v) is 2.84. The van der Waals surface area contributed by atoms with Crippen molar-refractivity contribution in [2.75, 3.05) is 7.05 Å². The first kappa shape index (κ1) is 7.81. The van der Waals surface area contributed by atoms with Crippen molar-refractivity contribution in [3.63, 3.8) is 0 Å². The summed E-state index contributed by atoms with van der Waals surface area (Å²) in [6.45, 7) is 2.30. The number of fused-ring (bicyclic) bond motifs is 1. The molecule has 0 bridgehead atoms. The first-order valence-electron chi connectivity index (χ1n) is 4.59. The molecule has 64 valence electrons. The molecule has 12 heavy (non-hydrogen) atoms. The molecule has 0 heterocycles. The quantitative estimate of drug-likeness (QED) is 0.667. The third kappa shape index (κ3) is 1.05. The Hall–Kier alpha value is -0.820. The van der Waals surface area contributed by atoms with Crippen LogP contribution in [0.4, 0.5) is 0 Å². The highest BCUT2D eigenvalue weighted by Gasteiger charge is 2.25. The van der Waals surface area contributed by atoms with Gasteiger partial charge < -0.3 is 5.32 Å². The molecule has 1 N–H and O–H groups in total. The minimum Gasteiger partial charge on any atom is -0.313 e. The number of benzene rings is 1. The summed E-state index contributed by atoms with van der Waals surface area (Å²) < 4.78 is 0. The molecule has 0 amide bonds. The highest BCUT2D eigenvalue weighted by atomic mass is 14.9. The average molecular weight is 161 g/mol.